The topological polar surface area (TPSA) is 42.7 Å². The number of hydrogen-bond acceptors (Lipinski definition) is 3. The number of hydrogen-bond donors (Lipinski definition) is 1. The van der Waals surface area contributed by atoms with Gasteiger partial charge in [0.15, 0.2) is 0 Å². The van der Waals surface area contributed by atoms with E-state index in [1.165, 1.54) is 10.9 Å². The number of anilines is 1. The van der Waals surface area contributed by atoms with Crippen LogP contribution in [0.5, 0.6) is 0 Å². The number of fused-ring (bicyclic) bond motifs is 1. The van der Waals surface area contributed by atoms with Gasteiger partial charge in [-0.3, -0.25) is 9.67 Å². The smallest absolute Gasteiger partial charge is 0.257 e. The van der Waals surface area contributed by atoms with Crippen LogP contribution in [0.4, 0.5) is 14.5 Å². The number of halogens is 3. The lowest BCUT2D eigenvalue weighted by Crippen LogP contribution is -2.06. The molecule has 1 aromatic carbocycles. The summed E-state index contributed by atoms with van der Waals surface area (Å²) in [4.78, 5) is 4.35. The molecule has 0 atom stereocenters. The number of aromatic nitrogens is 3. The van der Waals surface area contributed by atoms with Gasteiger partial charge in [0, 0.05) is 29.3 Å². The lowest BCUT2D eigenvalue weighted by Gasteiger charge is -2.08. The average Bonchev–Trinajstić information content (AvgIpc) is 2.94. The number of alkyl halides is 2. The lowest BCUT2D eigenvalue weighted by atomic mass is 10.1. The molecule has 22 heavy (non-hydrogen) atoms. The molecule has 3 rings (SSSR count). The summed E-state index contributed by atoms with van der Waals surface area (Å²) in [5, 5.41) is 8.57. The third kappa shape index (κ3) is 3.17. The molecule has 0 aliphatic heterocycles. The van der Waals surface area contributed by atoms with Crippen molar-refractivity contribution in [1.82, 2.24) is 14.8 Å². The van der Waals surface area contributed by atoms with Gasteiger partial charge in [-0.05, 0) is 23.8 Å². The minimum Gasteiger partial charge on any atom is -0.378 e. The molecule has 0 amide bonds. The first kappa shape index (κ1) is 14.7. The molecule has 0 saturated heterocycles. The van der Waals surface area contributed by atoms with E-state index in [2.05, 4.69) is 15.4 Å². The van der Waals surface area contributed by atoms with Crippen LogP contribution in [0.2, 0.25) is 5.02 Å². The first-order valence-corrected chi connectivity index (χ1v) is 7.08. The first-order valence-electron chi connectivity index (χ1n) is 6.70. The maximum absolute atomic E-state index is 12.3. The van der Waals surface area contributed by atoms with Crippen LogP contribution in [-0.2, 0) is 13.1 Å². The molecular formula is C15H13ClF2N4. The van der Waals surface area contributed by atoms with Gasteiger partial charge in [0.25, 0.3) is 6.43 Å². The highest BCUT2D eigenvalue weighted by atomic mass is 35.5. The molecule has 4 nitrogen and oxygen atoms in total. The molecule has 1 N–H and O–H groups in total. The Hall–Kier alpha value is -2.21. The molecule has 7 heteroatoms. The van der Waals surface area contributed by atoms with Crippen LogP contribution in [0.1, 0.15) is 5.56 Å². The van der Waals surface area contributed by atoms with Gasteiger partial charge < -0.3 is 5.32 Å². The summed E-state index contributed by atoms with van der Waals surface area (Å²) in [6.07, 6.45) is 2.37. The van der Waals surface area contributed by atoms with Crippen LogP contribution >= 0.6 is 11.6 Å². The zero-order valence-electron chi connectivity index (χ0n) is 11.5. The van der Waals surface area contributed by atoms with Gasteiger partial charge in [-0.2, -0.15) is 5.10 Å². The number of rotatable bonds is 5. The summed E-state index contributed by atoms with van der Waals surface area (Å²) >= 11 is 6.15. The normalized spacial score (nSPS) is 11.3. The second-order valence-electron chi connectivity index (χ2n) is 4.80. The van der Waals surface area contributed by atoms with Crippen molar-refractivity contribution in [3.63, 3.8) is 0 Å². The lowest BCUT2D eigenvalue weighted by molar-refractivity contribution is 0.122. The average molecular weight is 323 g/mol. The zero-order chi connectivity index (χ0) is 15.5. The van der Waals surface area contributed by atoms with Crippen LogP contribution in [0, 0.1) is 0 Å². The fourth-order valence-electron chi connectivity index (χ4n) is 2.23. The molecule has 0 bridgehead atoms. The molecular weight excluding hydrogens is 310 g/mol. The van der Waals surface area contributed by atoms with E-state index in [9.17, 15) is 8.78 Å². The van der Waals surface area contributed by atoms with E-state index in [0.717, 1.165) is 16.5 Å². The van der Waals surface area contributed by atoms with Gasteiger partial charge in [-0.15, -0.1) is 0 Å². The number of pyridine rings is 1. The number of nitrogens with one attached hydrogen (secondary N) is 1. The van der Waals surface area contributed by atoms with Crippen molar-refractivity contribution in [2.45, 2.75) is 19.5 Å². The van der Waals surface area contributed by atoms with Gasteiger partial charge in [0.1, 0.15) is 6.54 Å². The molecule has 0 fully saturated rings. The molecule has 0 aliphatic carbocycles. The Bertz CT molecular complexity index is 788. The molecule has 0 unspecified atom stereocenters. The van der Waals surface area contributed by atoms with Crippen LogP contribution in [0.15, 0.2) is 42.9 Å². The fourth-order valence-corrected chi connectivity index (χ4v) is 2.45. The Labute approximate surface area is 130 Å². The SMILES string of the molecule is FC(F)Cn1cc(NCc2ccc(Cl)c3cccnc23)cn1. The first-order chi connectivity index (χ1) is 10.6. The van der Waals surface area contributed by atoms with E-state index in [0.29, 0.717) is 17.3 Å². The predicted molar refractivity (Wildman–Crippen MR) is 82.3 cm³/mol. The largest absolute Gasteiger partial charge is 0.378 e. The van der Waals surface area contributed by atoms with Gasteiger partial charge in [-0.25, -0.2) is 8.78 Å². The van der Waals surface area contributed by atoms with E-state index in [-0.39, 0.29) is 0 Å². The second-order valence-corrected chi connectivity index (χ2v) is 5.21. The van der Waals surface area contributed by atoms with Crippen molar-refractivity contribution in [1.29, 1.82) is 0 Å². The third-order valence-corrected chi connectivity index (χ3v) is 3.57. The minimum atomic E-state index is -2.42. The van der Waals surface area contributed by atoms with Crippen LogP contribution in [0.25, 0.3) is 10.9 Å². The van der Waals surface area contributed by atoms with Gasteiger partial charge >= 0.3 is 0 Å². The Kier molecular flexibility index (Phi) is 4.20. The summed E-state index contributed by atoms with van der Waals surface area (Å²) in [5.74, 6) is 0. The van der Waals surface area contributed by atoms with Crippen LogP contribution in [-0.4, -0.2) is 21.2 Å². The molecule has 114 valence electrons. The second kappa shape index (κ2) is 6.27. The van der Waals surface area contributed by atoms with Crippen molar-refractivity contribution >= 4 is 28.2 Å². The van der Waals surface area contributed by atoms with Crippen molar-refractivity contribution in [3.8, 4) is 0 Å². The van der Waals surface area contributed by atoms with Gasteiger partial charge in [-0.1, -0.05) is 17.7 Å². The zero-order valence-corrected chi connectivity index (χ0v) is 12.3. The Balaban J connectivity index is 1.77. The quantitative estimate of drug-likeness (QED) is 0.773. The van der Waals surface area contributed by atoms with Crippen molar-refractivity contribution in [2.75, 3.05) is 5.32 Å². The standard InChI is InChI=1S/C15H13ClF2N4/c16-13-4-3-10(15-12(13)2-1-5-19-15)6-20-11-7-21-22(8-11)9-14(17)18/h1-5,7-8,14,20H,6,9H2. The Morgan fingerprint density at radius 3 is 2.95 bits per heavy atom. The van der Waals surface area contributed by atoms with E-state index in [1.807, 2.05) is 24.3 Å². The van der Waals surface area contributed by atoms with Crippen molar-refractivity contribution in [2.24, 2.45) is 0 Å². The van der Waals surface area contributed by atoms with Crippen molar-refractivity contribution < 1.29 is 8.78 Å². The van der Waals surface area contributed by atoms with E-state index < -0.39 is 13.0 Å². The highest BCUT2D eigenvalue weighted by Crippen LogP contribution is 2.25. The highest BCUT2D eigenvalue weighted by molar-refractivity contribution is 6.35. The fraction of sp³-hybridized carbons (Fsp3) is 0.200. The van der Waals surface area contributed by atoms with Crippen LogP contribution < -0.4 is 5.32 Å². The van der Waals surface area contributed by atoms with E-state index in [4.69, 9.17) is 11.6 Å². The van der Waals surface area contributed by atoms with Crippen LogP contribution in [0.3, 0.4) is 0 Å². The number of nitrogens with zero attached hydrogens (tertiary/aromatic N) is 3. The molecule has 2 aromatic heterocycles. The molecule has 3 aromatic rings. The van der Waals surface area contributed by atoms with Gasteiger partial charge in [0.2, 0.25) is 0 Å². The van der Waals surface area contributed by atoms with E-state index in [1.54, 1.807) is 12.4 Å². The minimum absolute atomic E-state index is 0.410. The molecule has 0 radical (unpaired) electrons. The number of benzene rings is 1. The molecule has 0 saturated carbocycles. The third-order valence-electron chi connectivity index (χ3n) is 3.24. The summed E-state index contributed by atoms with van der Waals surface area (Å²) in [5.41, 5.74) is 2.48. The van der Waals surface area contributed by atoms with Gasteiger partial charge in [0.05, 0.1) is 17.4 Å². The summed E-state index contributed by atoms with van der Waals surface area (Å²) in [6.45, 7) is 0.0954. The monoisotopic (exact) mass is 322 g/mol. The molecule has 2 heterocycles. The molecule has 0 spiro atoms. The Morgan fingerprint density at radius 2 is 2.14 bits per heavy atom. The molecule has 0 aliphatic rings. The highest BCUT2D eigenvalue weighted by Gasteiger charge is 2.08. The Morgan fingerprint density at radius 1 is 1.27 bits per heavy atom. The maximum atomic E-state index is 12.3. The maximum Gasteiger partial charge on any atom is 0.257 e. The summed E-state index contributed by atoms with van der Waals surface area (Å²) in [6, 6.07) is 7.46. The van der Waals surface area contributed by atoms with E-state index >= 15 is 0 Å². The summed E-state index contributed by atoms with van der Waals surface area (Å²) < 4.78 is 25.8. The van der Waals surface area contributed by atoms with Crippen molar-refractivity contribution in [3.05, 3.63) is 53.4 Å². The predicted octanol–water partition coefficient (Wildman–Crippen LogP) is 3.96. The summed E-state index contributed by atoms with van der Waals surface area (Å²) in [7, 11) is 0.